The van der Waals surface area contributed by atoms with Crippen molar-refractivity contribution in [2.75, 3.05) is 36.5 Å². The van der Waals surface area contributed by atoms with E-state index in [1.54, 1.807) is 0 Å². The molecule has 0 unspecified atom stereocenters. The van der Waals surface area contributed by atoms with Gasteiger partial charge in [-0.1, -0.05) is 24.2 Å². The first kappa shape index (κ1) is 20.9. The van der Waals surface area contributed by atoms with Gasteiger partial charge in [-0.2, -0.15) is 16.7 Å². The van der Waals surface area contributed by atoms with Crippen LogP contribution >= 0.6 is 11.8 Å². The van der Waals surface area contributed by atoms with Crippen LogP contribution in [-0.2, 0) is 24.1 Å². The molecule has 1 aliphatic heterocycles. The molecule has 2 aromatic rings. The van der Waals surface area contributed by atoms with Gasteiger partial charge < -0.3 is 14.7 Å². The fraction of sp³-hybridized carbons (Fsp3) is 0.571. The predicted molar refractivity (Wildman–Crippen MR) is 114 cm³/mol. The molecule has 0 aliphatic carbocycles. The van der Waals surface area contributed by atoms with Gasteiger partial charge in [0.1, 0.15) is 0 Å². The molecule has 1 fully saturated rings. The lowest BCUT2D eigenvalue weighted by atomic mass is 10.1. The minimum Gasteiger partial charge on any atom is -0.339 e. The number of aryl methyl sites for hydroxylation is 2. The normalized spacial score (nSPS) is 14.9. The maximum atomic E-state index is 12.1. The number of benzene rings is 1. The van der Waals surface area contributed by atoms with Gasteiger partial charge in [-0.15, -0.1) is 0 Å². The Hall–Kier alpha value is -1.86. The third kappa shape index (κ3) is 6.95. The molecule has 1 N–H and O–H groups in total. The summed E-state index contributed by atoms with van der Waals surface area (Å²) in [7, 11) is 0. The van der Waals surface area contributed by atoms with E-state index in [9.17, 15) is 4.79 Å². The summed E-state index contributed by atoms with van der Waals surface area (Å²) in [6, 6.07) is 8.21. The molecule has 152 valence electrons. The number of nitrogens with zero attached hydrogens (tertiary/aromatic N) is 3. The number of thioether (sulfide) groups is 1. The Morgan fingerprint density at radius 3 is 2.71 bits per heavy atom. The van der Waals surface area contributed by atoms with Crippen molar-refractivity contribution in [3.05, 3.63) is 41.5 Å². The van der Waals surface area contributed by atoms with Gasteiger partial charge in [0.2, 0.25) is 11.8 Å². The summed E-state index contributed by atoms with van der Waals surface area (Å²) >= 11 is 2.04. The van der Waals surface area contributed by atoms with Gasteiger partial charge in [0.05, 0.1) is 0 Å². The molecule has 2 heterocycles. The SMILES string of the molecule is CCCc1noc(CCCC(=O)Nc2ccc(CCN3CCSCC3)cc2)n1. The Morgan fingerprint density at radius 1 is 1.18 bits per heavy atom. The molecule has 1 aromatic heterocycles. The summed E-state index contributed by atoms with van der Waals surface area (Å²) in [5.74, 6) is 3.88. The average molecular weight is 403 g/mol. The monoisotopic (exact) mass is 402 g/mol. The third-order valence-corrected chi connectivity index (χ3v) is 5.78. The number of nitrogens with one attached hydrogen (secondary N) is 1. The van der Waals surface area contributed by atoms with Crippen molar-refractivity contribution in [2.45, 2.75) is 45.4 Å². The predicted octanol–water partition coefficient (Wildman–Crippen LogP) is 3.57. The second kappa shape index (κ2) is 11.2. The van der Waals surface area contributed by atoms with Crippen molar-refractivity contribution in [3.63, 3.8) is 0 Å². The van der Waals surface area contributed by atoms with Crippen molar-refractivity contribution >= 4 is 23.4 Å². The smallest absolute Gasteiger partial charge is 0.226 e. The van der Waals surface area contributed by atoms with Gasteiger partial charge in [-0.25, -0.2) is 0 Å². The number of hydrogen-bond acceptors (Lipinski definition) is 6. The molecular formula is C21H30N4O2S. The number of amides is 1. The van der Waals surface area contributed by atoms with Gasteiger partial charge in [-0.05, 0) is 37.0 Å². The Kier molecular flexibility index (Phi) is 8.36. The highest BCUT2D eigenvalue weighted by Crippen LogP contribution is 2.14. The van der Waals surface area contributed by atoms with Crippen LogP contribution in [0.3, 0.4) is 0 Å². The van der Waals surface area contributed by atoms with Gasteiger partial charge >= 0.3 is 0 Å². The Bertz CT molecular complexity index is 726. The van der Waals surface area contributed by atoms with Crippen LogP contribution < -0.4 is 5.32 Å². The lowest BCUT2D eigenvalue weighted by Crippen LogP contribution is -2.34. The highest BCUT2D eigenvalue weighted by atomic mass is 32.2. The maximum Gasteiger partial charge on any atom is 0.226 e. The highest BCUT2D eigenvalue weighted by Gasteiger charge is 2.10. The van der Waals surface area contributed by atoms with Crippen LogP contribution in [0.5, 0.6) is 0 Å². The van der Waals surface area contributed by atoms with Gasteiger partial charge in [0.15, 0.2) is 5.82 Å². The molecule has 3 rings (SSSR count). The lowest BCUT2D eigenvalue weighted by molar-refractivity contribution is -0.116. The van der Waals surface area contributed by atoms with Crippen molar-refractivity contribution in [1.82, 2.24) is 15.0 Å². The number of carbonyl (C=O) groups is 1. The van der Waals surface area contributed by atoms with Crippen LogP contribution in [0.2, 0.25) is 0 Å². The molecule has 0 atom stereocenters. The lowest BCUT2D eigenvalue weighted by Gasteiger charge is -2.26. The highest BCUT2D eigenvalue weighted by molar-refractivity contribution is 7.99. The minimum absolute atomic E-state index is 0.0202. The van der Waals surface area contributed by atoms with E-state index >= 15 is 0 Å². The second-order valence-electron chi connectivity index (χ2n) is 7.16. The number of rotatable bonds is 10. The molecule has 1 saturated heterocycles. The van der Waals surface area contributed by atoms with E-state index < -0.39 is 0 Å². The van der Waals surface area contributed by atoms with E-state index in [0.29, 0.717) is 25.2 Å². The first-order valence-electron chi connectivity index (χ1n) is 10.2. The molecule has 1 aliphatic rings. The first-order chi connectivity index (χ1) is 13.7. The number of anilines is 1. The molecule has 0 spiro atoms. The van der Waals surface area contributed by atoms with E-state index in [-0.39, 0.29) is 5.91 Å². The maximum absolute atomic E-state index is 12.1. The third-order valence-electron chi connectivity index (χ3n) is 4.84. The van der Waals surface area contributed by atoms with Crippen LogP contribution in [-0.4, -0.2) is 52.1 Å². The van der Waals surface area contributed by atoms with E-state index in [1.165, 1.54) is 30.2 Å². The summed E-state index contributed by atoms with van der Waals surface area (Å²) in [4.78, 5) is 19.0. The van der Waals surface area contributed by atoms with Gasteiger partial charge in [-0.3, -0.25) is 4.79 Å². The Balaban J connectivity index is 1.35. The Morgan fingerprint density at radius 2 is 1.96 bits per heavy atom. The summed E-state index contributed by atoms with van der Waals surface area (Å²) in [5, 5.41) is 6.90. The summed E-state index contributed by atoms with van der Waals surface area (Å²) < 4.78 is 5.20. The molecule has 1 amide bonds. The van der Waals surface area contributed by atoms with Crippen molar-refractivity contribution in [2.24, 2.45) is 0 Å². The molecular weight excluding hydrogens is 372 g/mol. The molecule has 7 heteroatoms. The zero-order chi connectivity index (χ0) is 19.6. The molecule has 6 nitrogen and oxygen atoms in total. The first-order valence-corrected chi connectivity index (χ1v) is 11.4. The quantitative estimate of drug-likeness (QED) is 0.655. The van der Waals surface area contributed by atoms with Crippen molar-refractivity contribution in [1.29, 1.82) is 0 Å². The molecule has 1 aromatic carbocycles. The standard InChI is InChI=1S/C21H30N4O2S/c1-2-4-19-23-21(27-24-19)6-3-5-20(26)22-18-9-7-17(8-10-18)11-12-25-13-15-28-16-14-25/h7-10H,2-6,11-16H2,1H3,(H,22,26). The fourth-order valence-corrected chi connectivity index (χ4v) is 4.19. The van der Waals surface area contributed by atoms with Crippen LogP contribution in [0.4, 0.5) is 5.69 Å². The fourth-order valence-electron chi connectivity index (χ4n) is 3.21. The minimum atomic E-state index is 0.0202. The summed E-state index contributed by atoms with van der Waals surface area (Å²) in [6.07, 6.45) is 4.67. The van der Waals surface area contributed by atoms with Crippen LogP contribution in [0.1, 0.15) is 43.5 Å². The van der Waals surface area contributed by atoms with Gasteiger partial charge in [0, 0.05) is 56.1 Å². The zero-order valence-electron chi connectivity index (χ0n) is 16.7. The van der Waals surface area contributed by atoms with Crippen molar-refractivity contribution < 1.29 is 9.32 Å². The summed E-state index contributed by atoms with van der Waals surface area (Å²) in [6.45, 7) is 5.59. The summed E-state index contributed by atoms with van der Waals surface area (Å²) in [5.41, 5.74) is 2.17. The molecule has 28 heavy (non-hydrogen) atoms. The van der Waals surface area contributed by atoms with E-state index in [0.717, 1.165) is 37.3 Å². The van der Waals surface area contributed by atoms with Crippen LogP contribution in [0.25, 0.3) is 0 Å². The molecule has 0 saturated carbocycles. The number of aromatic nitrogens is 2. The van der Waals surface area contributed by atoms with Gasteiger partial charge in [0.25, 0.3) is 0 Å². The molecule has 0 radical (unpaired) electrons. The number of carbonyl (C=O) groups excluding carboxylic acids is 1. The van der Waals surface area contributed by atoms with Crippen molar-refractivity contribution in [3.8, 4) is 0 Å². The number of hydrogen-bond donors (Lipinski definition) is 1. The second-order valence-corrected chi connectivity index (χ2v) is 8.38. The van der Waals surface area contributed by atoms with E-state index in [4.69, 9.17) is 4.52 Å². The molecule has 0 bridgehead atoms. The van der Waals surface area contributed by atoms with E-state index in [1.807, 2.05) is 23.9 Å². The van der Waals surface area contributed by atoms with E-state index in [2.05, 4.69) is 39.4 Å². The van der Waals surface area contributed by atoms with Crippen LogP contribution in [0, 0.1) is 0 Å². The largest absolute Gasteiger partial charge is 0.339 e. The topological polar surface area (TPSA) is 71.3 Å². The Labute approximate surface area is 171 Å². The van der Waals surface area contributed by atoms with Crippen LogP contribution in [0.15, 0.2) is 28.8 Å². The zero-order valence-corrected chi connectivity index (χ0v) is 17.5. The average Bonchev–Trinajstić information content (AvgIpc) is 3.16.